The highest BCUT2D eigenvalue weighted by atomic mass is 32.2. The predicted octanol–water partition coefficient (Wildman–Crippen LogP) is 0.0313. The smallest absolute Gasteiger partial charge is 0.331 e. The van der Waals surface area contributed by atoms with E-state index < -0.39 is 16.8 Å². The maximum absolute atomic E-state index is 10.9. The van der Waals surface area contributed by atoms with E-state index in [0.29, 0.717) is 18.1 Å². The summed E-state index contributed by atoms with van der Waals surface area (Å²) in [6.45, 7) is 2.48. The molecule has 0 heterocycles. The highest BCUT2D eigenvalue weighted by molar-refractivity contribution is 7.84. The number of esters is 1. The van der Waals surface area contributed by atoms with Crippen LogP contribution in [0.15, 0.2) is 12.3 Å². The van der Waals surface area contributed by atoms with Crippen LogP contribution >= 0.6 is 0 Å². The number of carbonyl (C=O) groups excluding carboxylic acids is 1. The molecule has 0 aliphatic heterocycles. The van der Waals surface area contributed by atoms with Gasteiger partial charge < -0.3 is 10.1 Å². The van der Waals surface area contributed by atoms with Gasteiger partial charge >= 0.3 is 5.97 Å². The van der Waals surface area contributed by atoms with Gasteiger partial charge in [0, 0.05) is 41.1 Å². The Morgan fingerprint density at radius 3 is 2.85 bits per heavy atom. The summed E-state index contributed by atoms with van der Waals surface area (Å²) in [6, 6.07) is 0. The monoisotopic (exact) mass is 205 g/mol. The number of hydrogen-bond donors (Lipinski definition) is 1. The van der Waals surface area contributed by atoms with E-state index in [1.807, 2.05) is 6.92 Å². The number of carbonyl (C=O) groups is 1. The molecule has 76 valence electrons. The van der Waals surface area contributed by atoms with Crippen LogP contribution in [0.4, 0.5) is 0 Å². The molecule has 0 amide bonds. The predicted molar refractivity (Wildman–Crippen MR) is 52.7 cm³/mol. The minimum atomic E-state index is -0.756. The van der Waals surface area contributed by atoms with Crippen LogP contribution in [-0.4, -0.2) is 35.3 Å². The number of rotatable bonds is 6. The van der Waals surface area contributed by atoms with Crippen LogP contribution in [-0.2, 0) is 20.3 Å². The first-order chi connectivity index (χ1) is 6.20. The number of methoxy groups -OCH3 is 1. The molecule has 0 saturated carbocycles. The van der Waals surface area contributed by atoms with Crippen molar-refractivity contribution in [1.82, 2.24) is 5.32 Å². The Hall–Kier alpha value is -0.840. The fourth-order valence-electron chi connectivity index (χ4n) is 0.595. The first-order valence-electron chi connectivity index (χ1n) is 4.03. The lowest BCUT2D eigenvalue weighted by atomic mass is 10.6. The average Bonchev–Trinajstić information content (AvgIpc) is 2.16. The Kier molecular flexibility index (Phi) is 7.29. The Balaban J connectivity index is 3.40. The maximum atomic E-state index is 10.9. The van der Waals surface area contributed by atoms with Crippen molar-refractivity contribution < 1.29 is 13.7 Å². The lowest BCUT2D eigenvalue weighted by Crippen LogP contribution is -2.16. The van der Waals surface area contributed by atoms with Gasteiger partial charge in [-0.2, -0.15) is 0 Å². The average molecular weight is 205 g/mol. The van der Waals surface area contributed by atoms with Gasteiger partial charge in [0.05, 0.1) is 7.11 Å². The summed E-state index contributed by atoms with van der Waals surface area (Å²) in [5, 5.41) is 2.84. The van der Waals surface area contributed by atoms with Crippen molar-refractivity contribution in [1.29, 1.82) is 0 Å². The van der Waals surface area contributed by atoms with E-state index in [4.69, 9.17) is 0 Å². The van der Waals surface area contributed by atoms with E-state index in [-0.39, 0.29) is 0 Å². The first kappa shape index (κ1) is 12.2. The zero-order valence-corrected chi connectivity index (χ0v) is 8.73. The molecule has 1 unspecified atom stereocenters. The van der Waals surface area contributed by atoms with Gasteiger partial charge in [-0.05, 0) is 0 Å². The van der Waals surface area contributed by atoms with Gasteiger partial charge in [-0.25, -0.2) is 4.79 Å². The zero-order valence-electron chi connectivity index (χ0n) is 7.91. The SMILES string of the molecule is CCS(=O)CCN/C=C/C(=O)OC. The van der Waals surface area contributed by atoms with E-state index in [2.05, 4.69) is 10.1 Å². The molecule has 4 nitrogen and oxygen atoms in total. The summed E-state index contributed by atoms with van der Waals surface area (Å²) in [4.78, 5) is 10.6. The highest BCUT2D eigenvalue weighted by Gasteiger charge is 1.93. The van der Waals surface area contributed by atoms with E-state index in [1.54, 1.807) is 0 Å². The van der Waals surface area contributed by atoms with Crippen LogP contribution in [0.2, 0.25) is 0 Å². The summed E-state index contributed by atoms with van der Waals surface area (Å²) in [6.07, 6.45) is 2.79. The molecule has 0 bridgehead atoms. The van der Waals surface area contributed by atoms with Gasteiger partial charge in [-0.15, -0.1) is 0 Å². The van der Waals surface area contributed by atoms with Crippen LogP contribution in [0.1, 0.15) is 6.92 Å². The molecular formula is C8H15NO3S. The van der Waals surface area contributed by atoms with Gasteiger partial charge in [0.25, 0.3) is 0 Å². The molecular weight excluding hydrogens is 190 g/mol. The third kappa shape index (κ3) is 7.52. The van der Waals surface area contributed by atoms with Gasteiger partial charge in [-0.3, -0.25) is 4.21 Å². The second-order valence-corrected chi connectivity index (χ2v) is 4.11. The largest absolute Gasteiger partial charge is 0.466 e. The standard InChI is InChI=1S/C8H15NO3S/c1-3-13(11)7-6-9-5-4-8(10)12-2/h4-5,9H,3,6-7H2,1-2H3/b5-4+. The lowest BCUT2D eigenvalue weighted by Gasteiger charge is -1.98. The Morgan fingerprint density at radius 1 is 1.62 bits per heavy atom. The molecule has 13 heavy (non-hydrogen) atoms. The summed E-state index contributed by atoms with van der Waals surface area (Å²) in [5.41, 5.74) is 0. The minimum absolute atomic E-state index is 0.399. The molecule has 0 fully saturated rings. The lowest BCUT2D eigenvalue weighted by molar-refractivity contribution is -0.134. The van der Waals surface area contributed by atoms with Crippen molar-refractivity contribution in [2.75, 3.05) is 25.2 Å². The fraction of sp³-hybridized carbons (Fsp3) is 0.625. The van der Waals surface area contributed by atoms with E-state index in [0.717, 1.165) is 0 Å². The molecule has 0 radical (unpaired) electrons. The second kappa shape index (κ2) is 7.79. The van der Waals surface area contributed by atoms with Crippen LogP contribution in [0.25, 0.3) is 0 Å². The summed E-state index contributed by atoms with van der Waals surface area (Å²) in [7, 11) is 0.563. The van der Waals surface area contributed by atoms with Gasteiger partial charge in [0.2, 0.25) is 0 Å². The third-order valence-electron chi connectivity index (χ3n) is 1.33. The molecule has 0 aliphatic rings. The minimum Gasteiger partial charge on any atom is -0.466 e. The number of nitrogens with one attached hydrogen (secondary N) is 1. The van der Waals surface area contributed by atoms with Gasteiger partial charge in [0.15, 0.2) is 0 Å². The van der Waals surface area contributed by atoms with Crippen LogP contribution in [0.5, 0.6) is 0 Å². The molecule has 1 atom stereocenters. The molecule has 0 rings (SSSR count). The third-order valence-corrected chi connectivity index (χ3v) is 2.64. The Bertz CT molecular complexity index is 204. The quantitative estimate of drug-likeness (QED) is 0.378. The molecule has 0 aromatic heterocycles. The Morgan fingerprint density at radius 2 is 2.31 bits per heavy atom. The first-order valence-corrected chi connectivity index (χ1v) is 5.52. The zero-order chi connectivity index (χ0) is 10.1. The highest BCUT2D eigenvalue weighted by Crippen LogP contribution is 1.79. The van der Waals surface area contributed by atoms with Crippen molar-refractivity contribution in [3.05, 3.63) is 12.3 Å². The molecule has 0 aromatic rings. The number of ether oxygens (including phenoxy) is 1. The molecule has 0 spiro atoms. The van der Waals surface area contributed by atoms with Crippen LogP contribution in [0.3, 0.4) is 0 Å². The Labute approximate surface area is 80.8 Å². The molecule has 0 aromatic carbocycles. The number of hydrogen-bond acceptors (Lipinski definition) is 4. The molecule has 1 N–H and O–H groups in total. The van der Waals surface area contributed by atoms with Crippen molar-refractivity contribution >= 4 is 16.8 Å². The molecule has 0 aliphatic carbocycles. The summed E-state index contributed by atoms with van der Waals surface area (Å²) < 4.78 is 15.3. The van der Waals surface area contributed by atoms with Gasteiger partial charge in [-0.1, -0.05) is 6.92 Å². The van der Waals surface area contributed by atoms with Crippen molar-refractivity contribution in [2.24, 2.45) is 0 Å². The fourth-order valence-corrected chi connectivity index (χ4v) is 1.23. The maximum Gasteiger partial charge on any atom is 0.331 e. The van der Waals surface area contributed by atoms with E-state index in [9.17, 15) is 9.00 Å². The van der Waals surface area contributed by atoms with Crippen LogP contribution < -0.4 is 5.32 Å². The van der Waals surface area contributed by atoms with E-state index in [1.165, 1.54) is 19.4 Å². The van der Waals surface area contributed by atoms with Crippen molar-refractivity contribution in [2.45, 2.75) is 6.92 Å². The summed E-state index contributed by atoms with van der Waals surface area (Å²) in [5.74, 6) is 0.869. The second-order valence-electron chi connectivity index (χ2n) is 2.24. The van der Waals surface area contributed by atoms with Crippen molar-refractivity contribution in [3.63, 3.8) is 0 Å². The molecule has 0 saturated heterocycles. The van der Waals surface area contributed by atoms with Crippen LogP contribution in [0, 0.1) is 0 Å². The van der Waals surface area contributed by atoms with Crippen molar-refractivity contribution in [3.8, 4) is 0 Å². The normalized spacial score (nSPS) is 12.8. The molecule has 5 heteroatoms. The topological polar surface area (TPSA) is 55.4 Å². The van der Waals surface area contributed by atoms with E-state index >= 15 is 0 Å². The van der Waals surface area contributed by atoms with Gasteiger partial charge in [0.1, 0.15) is 0 Å². The summed E-state index contributed by atoms with van der Waals surface area (Å²) >= 11 is 0.